The minimum atomic E-state index is -3.60. The van der Waals surface area contributed by atoms with Gasteiger partial charge in [-0.2, -0.15) is 4.31 Å². The molecule has 1 aliphatic heterocycles. The fourth-order valence-electron chi connectivity index (χ4n) is 2.86. The predicted molar refractivity (Wildman–Crippen MR) is 102 cm³/mol. The van der Waals surface area contributed by atoms with Gasteiger partial charge < -0.3 is 10.2 Å². The maximum Gasteiger partial charge on any atom is 0.251 e. The number of carbonyl (C=O) groups excluding carboxylic acids is 1. The minimum absolute atomic E-state index is 0.0193. The van der Waals surface area contributed by atoms with Gasteiger partial charge in [0.25, 0.3) is 5.91 Å². The van der Waals surface area contributed by atoms with Crippen molar-refractivity contribution in [2.45, 2.75) is 24.8 Å². The lowest BCUT2D eigenvalue weighted by atomic mass is 10.2. The van der Waals surface area contributed by atoms with Crippen LogP contribution in [-0.2, 0) is 10.0 Å². The van der Waals surface area contributed by atoms with Crippen LogP contribution in [0.2, 0.25) is 0 Å². The smallest absolute Gasteiger partial charge is 0.251 e. The van der Waals surface area contributed by atoms with Gasteiger partial charge in [-0.15, -0.1) is 0 Å². The second-order valence-corrected chi connectivity index (χ2v) is 8.53. The Morgan fingerprint density at radius 2 is 1.63 bits per heavy atom. The number of hydrogen-bond acceptors (Lipinski definition) is 6. The second-order valence-electron chi connectivity index (χ2n) is 6.59. The number of piperazine rings is 1. The van der Waals surface area contributed by atoms with Crippen LogP contribution >= 0.6 is 0 Å². The van der Waals surface area contributed by atoms with Crippen LogP contribution in [0.25, 0.3) is 0 Å². The lowest BCUT2D eigenvalue weighted by Crippen LogP contribution is -2.49. The molecule has 0 bridgehead atoms. The Morgan fingerprint density at radius 3 is 2.19 bits per heavy atom. The van der Waals surface area contributed by atoms with Gasteiger partial charge in [0, 0.05) is 50.2 Å². The molecule has 9 heteroatoms. The van der Waals surface area contributed by atoms with Crippen molar-refractivity contribution in [2.24, 2.45) is 0 Å². The highest BCUT2D eigenvalue weighted by Crippen LogP contribution is 2.19. The van der Waals surface area contributed by atoms with Crippen LogP contribution in [-0.4, -0.2) is 60.8 Å². The zero-order valence-electron chi connectivity index (χ0n) is 15.4. The molecule has 1 N–H and O–H groups in total. The Kier molecular flexibility index (Phi) is 5.71. The van der Waals surface area contributed by atoms with Crippen LogP contribution in [0.4, 0.5) is 5.95 Å². The van der Waals surface area contributed by atoms with E-state index in [0.717, 1.165) is 0 Å². The number of nitrogens with zero attached hydrogens (tertiary/aromatic N) is 4. The molecule has 0 aliphatic carbocycles. The van der Waals surface area contributed by atoms with Crippen LogP contribution in [0.5, 0.6) is 0 Å². The van der Waals surface area contributed by atoms with Crippen molar-refractivity contribution in [2.75, 3.05) is 31.1 Å². The maximum atomic E-state index is 12.9. The van der Waals surface area contributed by atoms with E-state index in [-0.39, 0.29) is 16.8 Å². The summed E-state index contributed by atoms with van der Waals surface area (Å²) in [5, 5.41) is 2.78. The normalized spacial score (nSPS) is 15.7. The minimum Gasteiger partial charge on any atom is -0.350 e. The third-order valence-electron chi connectivity index (χ3n) is 4.25. The predicted octanol–water partition coefficient (Wildman–Crippen LogP) is 1.13. The van der Waals surface area contributed by atoms with E-state index in [4.69, 9.17) is 0 Å². The van der Waals surface area contributed by atoms with E-state index in [2.05, 4.69) is 15.3 Å². The first-order valence-electron chi connectivity index (χ1n) is 8.81. The monoisotopic (exact) mass is 389 g/mol. The summed E-state index contributed by atoms with van der Waals surface area (Å²) in [5.41, 5.74) is 0.439. The molecule has 8 nitrogen and oxygen atoms in total. The topological polar surface area (TPSA) is 95.5 Å². The van der Waals surface area contributed by atoms with Crippen LogP contribution in [0.3, 0.4) is 0 Å². The highest BCUT2D eigenvalue weighted by molar-refractivity contribution is 7.89. The Balaban J connectivity index is 1.67. The van der Waals surface area contributed by atoms with Crippen molar-refractivity contribution in [3.8, 4) is 0 Å². The highest BCUT2D eigenvalue weighted by Gasteiger charge is 2.29. The van der Waals surface area contributed by atoms with Gasteiger partial charge in [-0.05, 0) is 44.2 Å². The molecular formula is C18H23N5O3S. The fourth-order valence-corrected chi connectivity index (χ4v) is 4.28. The lowest BCUT2D eigenvalue weighted by Gasteiger charge is -2.33. The molecule has 1 saturated heterocycles. The molecule has 27 heavy (non-hydrogen) atoms. The molecule has 0 unspecified atom stereocenters. The molecule has 3 rings (SSSR count). The van der Waals surface area contributed by atoms with Crippen LogP contribution < -0.4 is 10.2 Å². The lowest BCUT2D eigenvalue weighted by molar-refractivity contribution is 0.0943. The van der Waals surface area contributed by atoms with Crippen molar-refractivity contribution in [1.29, 1.82) is 0 Å². The molecule has 0 atom stereocenters. The number of carbonyl (C=O) groups is 1. The van der Waals surface area contributed by atoms with E-state index in [1.54, 1.807) is 30.6 Å². The molecule has 2 heterocycles. The van der Waals surface area contributed by atoms with Gasteiger partial charge in [-0.1, -0.05) is 0 Å². The molecule has 0 radical (unpaired) electrons. The van der Waals surface area contributed by atoms with Crippen molar-refractivity contribution in [3.63, 3.8) is 0 Å². The third-order valence-corrected chi connectivity index (χ3v) is 6.16. The molecule has 1 aromatic carbocycles. The number of anilines is 1. The van der Waals surface area contributed by atoms with Gasteiger partial charge in [0.1, 0.15) is 0 Å². The SMILES string of the molecule is CC(C)NC(=O)c1ccc(S(=O)(=O)N2CCN(c3ncccn3)CC2)cc1. The standard InChI is InChI=1S/C18H23N5O3S/c1-14(2)21-17(24)15-4-6-16(7-5-15)27(25,26)23-12-10-22(11-13-23)18-19-8-3-9-20-18/h3-9,14H,10-13H2,1-2H3,(H,21,24). The largest absolute Gasteiger partial charge is 0.350 e. The van der Waals surface area contributed by atoms with Crippen LogP contribution in [0, 0.1) is 0 Å². The van der Waals surface area contributed by atoms with E-state index < -0.39 is 10.0 Å². The summed E-state index contributed by atoms with van der Waals surface area (Å²) < 4.78 is 27.2. The molecule has 2 aromatic rings. The van der Waals surface area contributed by atoms with Crippen molar-refractivity contribution < 1.29 is 13.2 Å². The van der Waals surface area contributed by atoms with Crippen LogP contribution in [0.15, 0.2) is 47.6 Å². The number of hydrogen-bond donors (Lipinski definition) is 1. The summed E-state index contributed by atoms with van der Waals surface area (Å²) >= 11 is 0. The first kappa shape index (κ1) is 19.2. The molecule has 1 aromatic heterocycles. The van der Waals surface area contributed by atoms with Gasteiger partial charge >= 0.3 is 0 Å². The molecule has 1 aliphatic rings. The average molecular weight is 389 g/mol. The van der Waals surface area contributed by atoms with E-state index in [1.807, 2.05) is 18.7 Å². The summed E-state index contributed by atoms with van der Waals surface area (Å²) in [5.74, 6) is 0.389. The first-order valence-corrected chi connectivity index (χ1v) is 10.2. The van der Waals surface area contributed by atoms with Gasteiger partial charge in [0.15, 0.2) is 0 Å². The molecule has 144 valence electrons. The van der Waals surface area contributed by atoms with E-state index in [9.17, 15) is 13.2 Å². The van der Waals surface area contributed by atoms with Crippen molar-refractivity contribution in [3.05, 3.63) is 48.3 Å². The molecule has 0 saturated carbocycles. The van der Waals surface area contributed by atoms with Gasteiger partial charge in [-0.3, -0.25) is 4.79 Å². The van der Waals surface area contributed by atoms with E-state index >= 15 is 0 Å². The molecule has 1 fully saturated rings. The molecular weight excluding hydrogens is 366 g/mol. The summed E-state index contributed by atoms with van der Waals surface area (Å²) in [7, 11) is -3.60. The highest BCUT2D eigenvalue weighted by atomic mass is 32.2. The number of amides is 1. The maximum absolute atomic E-state index is 12.9. The Labute approximate surface area is 159 Å². The molecule has 0 spiro atoms. The fraction of sp³-hybridized carbons (Fsp3) is 0.389. The number of sulfonamides is 1. The van der Waals surface area contributed by atoms with Crippen molar-refractivity contribution >= 4 is 21.9 Å². The Hall–Kier alpha value is -2.52. The summed E-state index contributed by atoms with van der Waals surface area (Å²) in [6, 6.07) is 7.81. The summed E-state index contributed by atoms with van der Waals surface area (Å²) in [4.78, 5) is 22.6. The van der Waals surface area contributed by atoms with Crippen LogP contribution in [0.1, 0.15) is 24.2 Å². The Bertz CT molecular complexity index is 877. The summed E-state index contributed by atoms with van der Waals surface area (Å²) in [6.45, 7) is 5.51. The van der Waals surface area contributed by atoms with Crippen molar-refractivity contribution in [1.82, 2.24) is 19.6 Å². The molecule has 1 amide bonds. The zero-order valence-corrected chi connectivity index (χ0v) is 16.2. The third kappa shape index (κ3) is 4.42. The number of aromatic nitrogens is 2. The van der Waals surface area contributed by atoms with E-state index in [0.29, 0.717) is 37.7 Å². The number of rotatable bonds is 5. The number of nitrogens with one attached hydrogen (secondary N) is 1. The number of benzene rings is 1. The average Bonchev–Trinajstić information content (AvgIpc) is 2.68. The second kappa shape index (κ2) is 8.01. The first-order chi connectivity index (χ1) is 12.9. The van der Waals surface area contributed by atoms with E-state index in [1.165, 1.54) is 16.4 Å². The summed E-state index contributed by atoms with van der Waals surface area (Å²) in [6.07, 6.45) is 3.34. The van der Waals surface area contributed by atoms with Gasteiger partial charge in [-0.25, -0.2) is 18.4 Å². The zero-order chi connectivity index (χ0) is 19.4. The quantitative estimate of drug-likeness (QED) is 0.824. The van der Waals surface area contributed by atoms with Gasteiger partial charge in [0.2, 0.25) is 16.0 Å². The van der Waals surface area contributed by atoms with Gasteiger partial charge in [0.05, 0.1) is 4.90 Å². The Morgan fingerprint density at radius 1 is 1.04 bits per heavy atom.